The highest BCUT2D eigenvalue weighted by atomic mass is 16.3. The van der Waals surface area contributed by atoms with Crippen molar-refractivity contribution >= 4 is 5.78 Å². The van der Waals surface area contributed by atoms with Gasteiger partial charge in [-0.05, 0) is 25.2 Å². The molecule has 2 fully saturated rings. The molecule has 10 heavy (non-hydrogen) atoms. The standard InChI is InChI=1S/C8H12O2/c9-7-2-1-5-3-6(7)8(10)4-5/h5-7,9H,1-4H2/t5-,6-,7-/m0/s1. The summed E-state index contributed by atoms with van der Waals surface area (Å²) in [5.41, 5.74) is 0. The van der Waals surface area contributed by atoms with Gasteiger partial charge in [0.1, 0.15) is 5.78 Å². The number of aliphatic hydroxyl groups excluding tert-OH is 1. The van der Waals surface area contributed by atoms with Gasteiger partial charge in [-0.15, -0.1) is 0 Å². The average molecular weight is 140 g/mol. The molecule has 0 saturated heterocycles. The second-order valence-electron chi connectivity index (χ2n) is 3.52. The third-order valence-electron chi connectivity index (χ3n) is 2.83. The Kier molecular flexibility index (Phi) is 1.31. The maximum Gasteiger partial charge on any atom is 0.138 e. The summed E-state index contributed by atoms with van der Waals surface area (Å²) >= 11 is 0. The number of carbonyl (C=O) groups excluding carboxylic acids is 1. The summed E-state index contributed by atoms with van der Waals surface area (Å²) < 4.78 is 0. The van der Waals surface area contributed by atoms with E-state index in [0.29, 0.717) is 11.7 Å². The van der Waals surface area contributed by atoms with Crippen molar-refractivity contribution in [1.82, 2.24) is 0 Å². The molecule has 2 saturated carbocycles. The first-order valence-electron chi connectivity index (χ1n) is 3.98. The lowest BCUT2D eigenvalue weighted by atomic mass is 9.87. The van der Waals surface area contributed by atoms with Crippen LogP contribution in [0.1, 0.15) is 25.7 Å². The number of aliphatic hydroxyl groups is 1. The molecule has 2 heteroatoms. The van der Waals surface area contributed by atoms with Crippen molar-refractivity contribution in [3.05, 3.63) is 0 Å². The summed E-state index contributed by atoms with van der Waals surface area (Å²) in [5, 5.41) is 9.35. The van der Waals surface area contributed by atoms with E-state index in [1.165, 1.54) is 0 Å². The fraction of sp³-hybridized carbons (Fsp3) is 0.875. The fourth-order valence-corrected chi connectivity index (χ4v) is 2.21. The van der Waals surface area contributed by atoms with Crippen LogP contribution in [0.25, 0.3) is 0 Å². The maximum atomic E-state index is 11.1. The van der Waals surface area contributed by atoms with Crippen LogP contribution in [0.2, 0.25) is 0 Å². The molecule has 0 aromatic carbocycles. The van der Waals surface area contributed by atoms with E-state index >= 15 is 0 Å². The second-order valence-corrected chi connectivity index (χ2v) is 3.52. The van der Waals surface area contributed by atoms with Gasteiger partial charge >= 0.3 is 0 Å². The molecule has 0 unspecified atom stereocenters. The SMILES string of the molecule is O=C1C[C@H]2CC[C@H](O)[C@@H]1C2. The minimum atomic E-state index is -0.314. The molecular formula is C8H12O2. The summed E-state index contributed by atoms with van der Waals surface area (Å²) in [6.07, 6.45) is 3.29. The first kappa shape index (κ1) is 6.35. The van der Waals surface area contributed by atoms with Crippen LogP contribution in [0.5, 0.6) is 0 Å². The highest BCUT2D eigenvalue weighted by Crippen LogP contribution is 2.39. The number of carbonyl (C=O) groups is 1. The Morgan fingerprint density at radius 3 is 2.90 bits per heavy atom. The van der Waals surface area contributed by atoms with Crippen LogP contribution in [-0.2, 0) is 4.79 Å². The first-order chi connectivity index (χ1) is 4.77. The Morgan fingerprint density at radius 1 is 1.40 bits per heavy atom. The monoisotopic (exact) mass is 140 g/mol. The zero-order chi connectivity index (χ0) is 7.14. The van der Waals surface area contributed by atoms with E-state index in [9.17, 15) is 9.90 Å². The number of Topliss-reactive ketones (excluding diaryl/α,β-unsaturated/α-hetero) is 1. The van der Waals surface area contributed by atoms with Gasteiger partial charge < -0.3 is 5.11 Å². The fourth-order valence-electron chi connectivity index (χ4n) is 2.21. The summed E-state index contributed by atoms with van der Waals surface area (Å²) in [6.45, 7) is 0. The molecule has 2 aliphatic carbocycles. The molecule has 1 N–H and O–H groups in total. The predicted molar refractivity (Wildman–Crippen MR) is 36.5 cm³/mol. The van der Waals surface area contributed by atoms with Gasteiger partial charge in [0.05, 0.1) is 6.10 Å². The van der Waals surface area contributed by atoms with Crippen LogP contribution in [0, 0.1) is 11.8 Å². The molecule has 0 amide bonds. The molecule has 56 valence electrons. The smallest absolute Gasteiger partial charge is 0.138 e. The van der Waals surface area contributed by atoms with Gasteiger partial charge in [-0.2, -0.15) is 0 Å². The quantitative estimate of drug-likeness (QED) is 0.538. The van der Waals surface area contributed by atoms with Crippen molar-refractivity contribution in [3.63, 3.8) is 0 Å². The zero-order valence-electron chi connectivity index (χ0n) is 5.92. The lowest BCUT2D eigenvalue weighted by Gasteiger charge is -2.22. The number of hydrogen-bond donors (Lipinski definition) is 1. The molecular weight excluding hydrogens is 128 g/mol. The molecule has 0 aliphatic heterocycles. The van der Waals surface area contributed by atoms with Crippen molar-refractivity contribution < 1.29 is 9.90 Å². The van der Waals surface area contributed by atoms with Gasteiger partial charge in [0.25, 0.3) is 0 Å². The van der Waals surface area contributed by atoms with Crippen molar-refractivity contribution in [3.8, 4) is 0 Å². The number of rotatable bonds is 0. The zero-order valence-corrected chi connectivity index (χ0v) is 5.92. The van der Waals surface area contributed by atoms with Crippen molar-refractivity contribution in [1.29, 1.82) is 0 Å². The van der Waals surface area contributed by atoms with E-state index in [1.807, 2.05) is 0 Å². The number of fused-ring (bicyclic) bond motifs is 2. The van der Waals surface area contributed by atoms with Gasteiger partial charge in [-0.1, -0.05) is 0 Å². The van der Waals surface area contributed by atoms with E-state index < -0.39 is 0 Å². The summed E-state index contributed by atoms with van der Waals surface area (Å²) in [6, 6.07) is 0. The van der Waals surface area contributed by atoms with Gasteiger partial charge in [-0.25, -0.2) is 0 Å². The van der Waals surface area contributed by atoms with Crippen LogP contribution in [0.15, 0.2) is 0 Å². The Balaban J connectivity index is 2.17. The first-order valence-corrected chi connectivity index (χ1v) is 3.98. The number of ketones is 1. The molecule has 0 aromatic rings. The van der Waals surface area contributed by atoms with Crippen LogP contribution < -0.4 is 0 Å². The molecule has 2 bridgehead atoms. The average Bonchev–Trinajstić information content (AvgIpc) is 2.21. The Bertz CT molecular complexity index is 165. The topological polar surface area (TPSA) is 37.3 Å². The van der Waals surface area contributed by atoms with E-state index in [1.54, 1.807) is 0 Å². The highest BCUT2D eigenvalue weighted by Gasteiger charge is 2.40. The highest BCUT2D eigenvalue weighted by molar-refractivity contribution is 5.84. The van der Waals surface area contributed by atoms with E-state index in [0.717, 1.165) is 25.7 Å². The molecule has 0 spiro atoms. The largest absolute Gasteiger partial charge is 0.392 e. The normalized spacial score (nSPS) is 46.1. The molecule has 0 aromatic heterocycles. The predicted octanol–water partition coefficient (Wildman–Crippen LogP) is 0.736. The maximum absolute atomic E-state index is 11.1. The number of hydrogen-bond acceptors (Lipinski definition) is 2. The van der Waals surface area contributed by atoms with Gasteiger partial charge in [-0.3, -0.25) is 4.79 Å². The van der Waals surface area contributed by atoms with Gasteiger partial charge in [0, 0.05) is 12.3 Å². The Labute approximate surface area is 60.2 Å². The lowest BCUT2D eigenvalue weighted by Crippen LogP contribution is -2.26. The van der Waals surface area contributed by atoms with E-state index in [2.05, 4.69) is 0 Å². The summed E-state index contributed by atoms with van der Waals surface area (Å²) in [7, 11) is 0. The van der Waals surface area contributed by atoms with Gasteiger partial charge in [0.15, 0.2) is 0 Å². The molecule has 2 nitrogen and oxygen atoms in total. The van der Waals surface area contributed by atoms with Crippen molar-refractivity contribution in [2.24, 2.45) is 11.8 Å². The lowest BCUT2D eigenvalue weighted by molar-refractivity contribution is -0.123. The molecule has 0 heterocycles. The van der Waals surface area contributed by atoms with E-state index in [-0.39, 0.29) is 12.0 Å². The van der Waals surface area contributed by atoms with Crippen LogP contribution in [0.4, 0.5) is 0 Å². The molecule has 2 aliphatic rings. The van der Waals surface area contributed by atoms with Crippen molar-refractivity contribution in [2.45, 2.75) is 31.8 Å². The third kappa shape index (κ3) is 0.788. The van der Waals surface area contributed by atoms with Crippen LogP contribution in [-0.4, -0.2) is 17.0 Å². The Hall–Kier alpha value is -0.370. The third-order valence-corrected chi connectivity index (χ3v) is 2.83. The Morgan fingerprint density at radius 2 is 2.20 bits per heavy atom. The molecule has 2 rings (SSSR count). The molecule has 3 atom stereocenters. The minimum absolute atomic E-state index is 0.0127. The van der Waals surface area contributed by atoms with Crippen molar-refractivity contribution in [2.75, 3.05) is 0 Å². The second kappa shape index (κ2) is 2.06. The summed E-state index contributed by atoms with van der Waals surface area (Å²) in [5.74, 6) is 0.926. The molecule has 0 radical (unpaired) electrons. The van der Waals surface area contributed by atoms with Crippen LogP contribution in [0.3, 0.4) is 0 Å². The van der Waals surface area contributed by atoms with Crippen LogP contribution >= 0.6 is 0 Å². The summed E-state index contributed by atoms with van der Waals surface area (Å²) in [4.78, 5) is 11.1. The minimum Gasteiger partial charge on any atom is -0.392 e. The van der Waals surface area contributed by atoms with E-state index in [4.69, 9.17) is 0 Å². The van der Waals surface area contributed by atoms with Gasteiger partial charge in [0.2, 0.25) is 0 Å².